The molecule has 2 aliphatic heterocycles. The van der Waals surface area contributed by atoms with E-state index in [-0.39, 0.29) is 0 Å². The normalized spacial score (nSPS) is 17.4. The van der Waals surface area contributed by atoms with Gasteiger partial charge in [-0.3, -0.25) is 4.57 Å². The number of hydrogen-bond donors (Lipinski definition) is 0. The molecule has 2 aromatic rings. The summed E-state index contributed by atoms with van der Waals surface area (Å²) in [6.07, 6.45) is 2.45. The smallest absolute Gasteiger partial charge is 0.228 e. The first kappa shape index (κ1) is 17.7. The Morgan fingerprint density at radius 3 is 2.81 bits per heavy atom. The second-order valence-electron chi connectivity index (χ2n) is 6.69. The molecule has 1 aromatic carbocycles. The molecule has 0 radical (unpaired) electrons. The van der Waals surface area contributed by atoms with Crippen molar-refractivity contribution in [2.24, 2.45) is 0 Å². The van der Waals surface area contributed by atoms with Crippen molar-refractivity contribution in [3.05, 3.63) is 29.8 Å². The van der Waals surface area contributed by atoms with Gasteiger partial charge in [0.25, 0.3) is 0 Å². The lowest BCUT2D eigenvalue weighted by Gasteiger charge is -2.31. The minimum atomic E-state index is 0.771. The fourth-order valence-electron chi connectivity index (χ4n) is 3.75. The van der Waals surface area contributed by atoms with Crippen LogP contribution in [-0.2, 0) is 17.7 Å². The molecule has 0 atom stereocenters. The number of hydrogen-bond acceptors (Lipinski definition) is 6. The van der Waals surface area contributed by atoms with Gasteiger partial charge in [0.1, 0.15) is 0 Å². The molecule has 3 heterocycles. The highest BCUT2D eigenvalue weighted by atomic mass is 32.2. The average molecular weight is 374 g/mol. The van der Waals surface area contributed by atoms with Crippen LogP contribution in [0.1, 0.15) is 18.9 Å². The number of aromatic nitrogens is 3. The van der Waals surface area contributed by atoms with Gasteiger partial charge in [-0.25, -0.2) is 0 Å². The fraction of sp³-hybridized carbons (Fsp3) is 0.579. The van der Waals surface area contributed by atoms with Crippen LogP contribution in [0.3, 0.4) is 0 Å². The van der Waals surface area contributed by atoms with Crippen molar-refractivity contribution in [2.45, 2.75) is 31.5 Å². The predicted octanol–water partition coefficient (Wildman–Crippen LogP) is 2.68. The molecule has 0 spiro atoms. The molecule has 2 aliphatic rings. The molecule has 26 heavy (non-hydrogen) atoms. The molecule has 0 bridgehead atoms. The summed E-state index contributed by atoms with van der Waals surface area (Å²) in [7, 11) is 0. The van der Waals surface area contributed by atoms with Gasteiger partial charge >= 0.3 is 0 Å². The standard InChI is InChI=1S/C19H27N5OS/c1-2-24-18(23-10-13-25-14-11-23)20-21-19(24)26-15-12-22-9-5-7-16-6-3-4-8-17(16)22/h3-4,6,8H,2,5,7,9-15H2,1H3. The summed E-state index contributed by atoms with van der Waals surface area (Å²) in [6.45, 7) is 8.59. The van der Waals surface area contributed by atoms with Gasteiger partial charge in [0, 0.05) is 44.2 Å². The van der Waals surface area contributed by atoms with Crippen LogP contribution in [-0.4, -0.2) is 59.9 Å². The maximum absolute atomic E-state index is 5.45. The van der Waals surface area contributed by atoms with Crippen LogP contribution < -0.4 is 9.80 Å². The van der Waals surface area contributed by atoms with E-state index in [4.69, 9.17) is 4.74 Å². The van der Waals surface area contributed by atoms with Crippen molar-refractivity contribution in [1.29, 1.82) is 0 Å². The van der Waals surface area contributed by atoms with Gasteiger partial charge in [0.2, 0.25) is 5.95 Å². The Hall–Kier alpha value is -1.73. The third-order valence-electron chi connectivity index (χ3n) is 5.11. The molecule has 7 heteroatoms. The highest BCUT2D eigenvalue weighted by Crippen LogP contribution is 2.28. The van der Waals surface area contributed by atoms with Crippen molar-refractivity contribution >= 4 is 23.4 Å². The Balaban J connectivity index is 1.39. The Kier molecular flexibility index (Phi) is 5.65. The Morgan fingerprint density at radius 2 is 1.96 bits per heavy atom. The highest BCUT2D eigenvalue weighted by Gasteiger charge is 2.20. The molecular formula is C19H27N5OS. The molecule has 1 aromatic heterocycles. The summed E-state index contributed by atoms with van der Waals surface area (Å²) in [5, 5.41) is 9.95. The Morgan fingerprint density at radius 1 is 1.12 bits per heavy atom. The van der Waals surface area contributed by atoms with Crippen LogP contribution >= 0.6 is 11.8 Å². The van der Waals surface area contributed by atoms with E-state index in [0.29, 0.717) is 0 Å². The van der Waals surface area contributed by atoms with E-state index in [0.717, 1.165) is 62.8 Å². The Labute approximate surface area is 159 Å². The lowest BCUT2D eigenvalue weighted by Crippen LogP contribution is -2.38. The van der Waals surface area contributed by atoms with Crippen molar-refractivity contribution in [3.8, 4) is 0 Å². The number of rotatable bonds is 6. The summed E-state index contributed by atoms with van der Waals surface area (Å²) >= 11 is 1.81. The number of para-hydroxylation sites is 1. The SMILES string of the molecule is CCn1c(SCCN2CCCc3ccccc32)nnc1N1CCOCC1. The van der Waals surface area contributed by atoms with Crippen molar-refractivity contribution < 1.29 is 4.74 Å². The van der Waals surface area contributed by atoms with Gasteiger partial charge in [-0.2, -0.15) is 0 Å². The quantitative estimate of drug-likeness (QED) is 0.726. The molecular weight excluding hydrogens is 346 g/mol. The van der Waals surface area contributed by atoms with Crippen LogP contribution in [0.5, 0.6) is 0 Å². The maximum Gasteiger partial charge on any atom is 0.228 e. The van der Waals surface area contributed by atoms with Gasteiger partial charge in [0.15, 0.2) is 5.16 Å². The zero-order chi connectivity index (χ0) is 17.8. The first-order valence-electron chi connectivity index (χ1n) is 9.58. The number of thioether (sulfide) groups is 1. The molecule has 0 aliphatic carbocycles. The molecule has 140 valence electrons. The molecule has 0 unspecified atom stereocenters. The van der Waals surface area contributed by atoms with E-state index >= 15 is 0 Å². The molecule has 0 saturated carbocycles. The van der Waals surface area contributed by atoms with Gasteiger partial charge in [0.05, 0.1) is 13.2 Å². The largest absolute Gasteiger partial charge is 0.378 e. The van der Waals surface area contributed by atoms with Crippen LogP contribution in [0.25, 0.3) is 0 Å². The minimum absolute atomic E-state index is 0.771. The number of nitrogens with zero attached hydrogens (tertiary/aromatic N) is 5. The number of fused-ring (bicyclic) bond motifs is 1. The predicted molar refractivity (Wildman–Crippen MR) is 106 cm³/mol. The minimum Gasteiger partial charge on any atom is -0.378 e. The lowest BCUT2D eigenvalue weighted by atomic mass is 10.0. The number of aryl methyl sites for hydroxylation is 1. The Bertz CT molecular complexity index is 728. The summed E-state index contributed by atoms with van der Waals surface area (Å²) < 4.78 is 7.69. The van der Waals surface area contributed by atoms with E-state index in [9.17, 15) is 0 Å². The summed E-state index contributed by atoms with van der Waals surface area (Å²) in [6, 6.07) is 8.81. The van der Waals surface area contributed by atoms with Crippen molar-refractivity contribution in [3.63, 3.8) is 0 Å². The third kappa shape index (κ3) is 3.69. The zero-order valence-electron chi connectivity index (χ0n) is 15.4. The van der Waals surface area contributed by atoms with Crippen LogP contribution in [0.4, 0.5) is 11.6 Å². The van der Waals surface area contributed by atoms with E-state index in [1.54, 1.807) is 0 Å². The van der Waals surface area contributed by atoms with E-state index in [1.165, 1.54) is 24.1 Å². The molecule has 1 fully saturated rings. The number of morpholine rings is 1. The third-order valence-corrected chi connectivity index (χ3v) is 6.05. The zero-order valence-corrected chi connectivity index (χ0v) is 16.2. The first-order valence-corrected chi connectivity index (χ1v) is 10.6. The van der Waals surface area contributed by atoms with Crippen LogP contribution in [0, 0.1) is 0 Å². The topological polar surface area (TPSA) is 46.4 Å². The molecule has 0 amide bonds. The van der Waals surface area contributed by atoms with Gasteiger partial charge < -0.3 is 14.5 Å². The van der Waals surface area contributed by atoms with Crippen molar-refractivity contribution in [2.75, 3.05) is 54.9 Å². The second-order valence-corrected chi connectivity index (χ2v) is 7.76. The molecule has 0 N–H and O–H groups in total. The molecule has 6 nitrogen and oxygen atoms in total. The average Bonchev–Trinajstić information content (AvgIpc) is 3.12. The van der Waals surface area contributed by atoms with Gasteiger partial charge in [-0.1, -0.05) is 30.0 Å². The first-order chi connectivity index (χ1) is 12.9. The summed E-state index contributed by atoms with van der Waals surface area (Å²) in [5.74, 6) is 2.01. The maximum atomic E-state index is 5.45. The number of benzene rings is 1. The van der Waals surface area contributed by atoms with Crippen LogP contribution in [0.15, 0.2) is 29.4 Å². The van der Waals surface area contributed by atoms with E-state index < -0.39 is 0 Å². The van der Waals surface area contributed by atoms with Crippen LogP contribution in [0.2, 0.25) is 0 Å². The molecule has 4 rings (SSSR count). The van der Waals surface area contributed by atoms with Crippen molar-refractivity contribution in [1.82, 2.24) is 14.8 Å². The van der Waals surface area contributed by atoms with Gasteiger partial charge in [-0.05, 0) is 31.4 Å². The summed E-state index contributed by atoms with van der Waals surface area (Å²) in [4.78, 5) is 4.80. The lowest BCUT2D eigenvalue weighted by molar-refractivity contribution is 0.121. The monoisotopic (exact) mass is 373 g/mol. The number of anilines is 2. The van der Waals surface area contributed by atoms with E-state index in [2.05, 4.69) is 55.8 Å². The highest BCUT2D eigenvalue weighted by molar-refractivity contribution is 7.99. The van der Waals surface area contributed by atoms with E-state index in [1.807, 2.05) is 11.8 Å². The second kappa shape index (κ2) is 8.31. The molecule has 1 saturated heterocycles. The van der Waals surface area contributed by atoms with Gasteiger partial charge in [-0.15, -0.1) is 10.2 Å². The summed E-state index contributed by atoms with van der Waals surface area (Å²) in [5.41, 5.74) is 2.89. The fourth-order valence-corrected chi connectivity index (χ4v) is 4.71. The number of ether oxygens (including phenoxy) is 1.